The zero-order valence-electron chi connectivity index (χ0n) is 12.3. The molecule has 2 aromatic rings. The summed E-state index contributed by atoms with van der Waals surface area (Å²) < 4.78 is 1.43. The summed E-state index contributed by atoms with van der Waals surface area (Å²) in [5.74, 6) is 0.0115. The van der Waals surface area contributed by atoms with Gasteiger partial charge < -0.3 is 4.90 Å². The van der Waals surface area contributed by atoms with E-state index in [0.29, 0.717) is 5.39 Å². The van der Waals surface area contributed by atoms with Crippen LogP contribution in [0.3, 0.4) is 0 Å². The van der Waals surface area contributed by atoms with Crippen molar-refractivity contribution in [3.8, 4) is 0 Å². The van der Waals surface area contributed by atoms with Crippen molar-refractivity contribution in [1.82, 2.24) is 14.5 Å². The van der Waals surface area contributed by atoms with Gasteiger partial charge in [-0.3, -0.25) is 14.2 Å². The van der Waals surface area contributed by atoms with E-state index in [4.69, 9.17) is 0 Å². The number of hydrogen-bond donors (Lipinski definition) is 0. The number of rotatable bonds is 2. The average Bonchev–Trinajstić information content (AvgIpc) is 2.84. The lowest BCUT2D eigenvalue weighted by Gasteiger charge is -2.33. The van der Waals surface area contributed by atoms with Crippen LogP contribution in [0.5, 0.6) is 0 Å². The largest absolute Gasteiger partial charge is 0.338 e. The Hall–Kier alpha value is -1.69. The Balaban J connectivity index is 1.86. The lowest BCUT2D eigenvalue weighted by Crippen LogP contribution is -2.44. The Morgan fingerprint density at radius 1 is 1.48 bits per heavy atom. The van der Waals surface area contributed by atoms with Gasteiger partial charge in [0.1, 0.15) is 11.4 Å². The molecule has 0 saturated carbocycles. The third-order valence-corrected chi connectivity index (χ3v) is 5.03. The maximum atomic E-state index is 12.4. The van der Waals surface area contributed by atoms with Crippen molar-refractivity contribution >= 4 is 27.5 Å². The number of fused-ring (bicyclic) bond motifs is 1. The molecule has 3 rings (SSSR count). The molecule has 0 bridgehead atoms. The predicted octanol–water partition coefficient (Wildman–Crippen LogP) is 2.17. The molecule has 1 saturated heterocycles. The van der Waals surface area contributed by atoms with E-state index in [1.165, 1.54) is 28.7 Å². The molecule has 1 unspecified atom stereocenters. The zero-order valence-corrected chi connectivity index (χ0v) is 13.2. The first-order chi connectivity index (χ1) is 10.1. The standard InChI is InChI=1S/C15H19N3O2S/c1-10-5-3-4-6-18(10)13(19)8-17-9-16-14-12(15(17)20)7-11(2)21-14/h7,9-10H,3-6,8H2,1-2H3. The van der Waals surface area contributed by atoms with Crippen molar-refractivity contribution in [3.05, 3.63) is 27.6 Å². The first kappa shape index (κ1) is 14.3. The Morgan fingerprint density at radius 2 is 2.29 bits per heavy atom. The molecule has 3 heterocycles. The highest BCUT2D eigenvalue weighted by Gasteiger charge is 2.23. The summed E-state index contributed by atoms with van der Waals surface area (Å²) in [5, 5.41) is 0.611. The van der Waals surface area contributed by atoms with Crippen LogP contribution >= 0.6 is 11.3 Å². The van der Waals surface area contributed by atoms with E-state index < -0.39 is 0 Å². The highest BCUT2D eigenvalue weighted by molar-refractivity contribution is 7.18. The van der Waals surface area contributed by atoms with E-state index in [-0.39, 0.29) is 24.1 Å². The van der Waals surface area contributed by atoms with Crippen LogP contribution in [0.25, 0.3) is 10.2 Å². The molecule has 0 spiro atoms. The summed E-state index contributed by atoms with van der Waals surface area (Å²) in [7, 11) is 0. The fraction of sp³-hybridized carbons (Fsp3) is 0.533. The number of likely N-dealkylation sites (tertiary alicyclic amines) is 1. The summed E-state index contributed by atoms with van der Waals surface area (Å²) in [6.07, 6.45) is 4.76. The van der Waals surface area contributed by atoms with Crippen LogP contribution in [-0.2, 0) is 11.3 Å². The highest BCUT2D eigenvalue weighted by Crippen LogP contribution is 2.20. The number of carbonyl (C=O) groups excluding carboxylic acids is 1. The van der Waals surface area contributed by atoms with Gasteiger partial charge in [0.15, 0.2) is 0 Å². The first-order valence-electron chi connectivity index (χ1n) is 7.31. The SMILES string of the molecule is Cc1cc2c(=O)n(CC(=O)N3CCCCC3C)cnc2s1. The van der Waals surface area contributed by atoms with Crippen LogP contribution in [0.2, 0.25) is 0 Å². The van der Waals surface area contributed by atoms with Crippen LogP contribution < -0.4 is 5.56 Å². The zero-order chi connectivity index (χ0) is 15.0. The van der Waals surface area contributed by atoms with E-state index in [0.717, 1.165) is 29.1 Å². The van der Waals surface area contributed by atoms with Crippen LogP contribution in [-0.4, -0.2) is 32.9 Å². The van der Waals surface area contributed by atoms with Gasteiger partial charge in [0.05, 0.1) is 11.7 Å². The lowest BCUT2D eigenvalue weighted by atomic mass is 10.0. The highest BCUT2D eigenvalue weighted by atomic mass is 32.1. The molecule has 1 aliphatic rings. The van der Waals surface area contributed by atoms with E-state index in [2.05, 4.69) is 11.9 Å². The molecule has 1 atom stereocenters. The maximum Gasteiger partial charge on any atom is 0.262 e. The number of thiophene rings is 1. The Bertz CT molecular complexity index is 734. The molecule has 5 nitrogen and oxygen atoms in total. The molecule has 0 N–H and O–H groups in total. The molecular weight excluding hydrogens is 286 g/mol. The molecule has 1 amide bonds. The fourth-order valence-corrected chi connectivity index (χ4v) is 3.74. The molecule has 0 aromatic carbocycles. The summed E-state index contributed by atoms with van der Waals surface area (Å²) in [5.41, 5.74) is -0.123. The van der Waals surface area contributed by atoms with Crippen molar-refractivity contribution in [1.29, 1.82) is 0 Å². The van der Waals surface area contributed by atoms with Gasteiger partial charge in [-0.2, -0.15) is 0 Å². The third-order valence-electron chi connectivity index (χ3n) is 4.07. The third kappa shape index (κ3) is 2.72. The van der Waals surface area contributed by atoms with Crippen LogP contribution in [0.4, 0.5) is 0 Å². The van der Waals surface area contributed by atoms with Gasteiger partial charge in [-0.05, 0) is 39.2 Å². The summed E-state index contributed by atoms with van der Waals surface area (Å²) in [6.45, 7) is 4.91. The van der Waals surface area contributed by atoms with Gasteiger partial charge >= 0.3 is 0 Å². The summed E-state index contributed by atoms with van der Waals surface area (Å²) >= 11 is 1.50. The minimum absolute atomic E-state index is 0.0115. The Labute approximate surface area is 127 Å². The number of nitrogens with zero attached hydrogens (tertiary/aromatic N) is 3. The average molecular weight is 305 g/mol. The predicted molar refractivity (Wildman–Crippen MR) is 83.6 cm³/mol. The van der Waals surface area contributed by atoms with E-state index in [9.17, 15) is 9.59 Å². The fourth-order valence-electron chi connectivity index (χ4n) is 2.90. The van der Waals surface area contributed by atoms with Gasteiger partial charge in [-0.1, -0.05) is 0 Å². The van der Waals surface area contributed by atoms with Crippen LogP contribution in [0.15, 0.2) is 17.2 Å². The number of amides is 1. The summed E-state index contributed by atoms with van der Waals surface area (Å²) in [4.78, 5) is 32.8. The normalized spacial score (nSPS) is 19.1. The first-order valence-corrected chi connectivity index (χ1v) is 8.13. The second-order valence-corrected chi connectivity index (χ2v) is 6.92. The molecule has 2 aromatic heterocycles. The number of aryl methyl sites for hydroxylation is 1. The summed E-state index contributed by atoms with van der Waals surface area (Å²) in [6, 6.07) is 2.11. The van der Waals surface area contributed by atoms with Crippen LogP contribution in [0.1, 0.15) is 31.1 Å². The monoisotopic (exact) mass is 305 g/mol. The Morgan fingerprint density at radius 3 is 3.05 bits per heavy atom. The van der Waals surface area contributed by atoms with Gasteiger partial charge in [-0.15, -0.1) is 11.3 Å². The number of aromatic nitrogens is 2. The van der Waals surface area contributed by atoms with Gasteiger partial charge in [0, 0.05) is 17.5 Å². The second kappa shape index (κ2) is 5.60. The van der Waals surface area contributed by atoms with Crippen molar-refractivity contribution in [3.63, 3.8) is 0 Å². The second-order valence-electron chi connectivity index (χ2n) is 5.69. The molecule has 1 fully saturated rings. The number of piperidine rings is 1. The Kier molecular flexibility index (Phi) is 3.80. The van der Waals surface area contributed by atoms with Gasteiger partial charge in [0.25, 0.3) is 5.56 Å². The molecule has 6 heteroatoms. The van der Waals surface area contributed by atoms with Gasteiger partial charge in [-0.25, -0.2) is 4.98 Å². The van der Waals surface area contributed by atoms with Crippen molar-refractivity contribution in [2.24, 2.45) is 0 Å². The van der Waals surface area contributed by atoms with Gasteiger partial charge in [0.2, 0.25) is 5.91 Å². The molecular formula is C15H19N3O2S. The minimum atomic E-state index is -0.123. The van der Waals surface area contributed by atoms with E-state index >= 15 is 0 Å². The quantitative estimate of drug-likeness (QED) is 0.854. The molecule has 21 heavy (non-hydrogen) atoms. The molecule has 1 aliphatic heterocycles. The minimum Gasteiger partial charge on any atom is -0.338 e. The molecule has 0 aliphatic carbocycles. The van der Waals surface area contributed by atoms with E-state index in [1.807, 2.05) is 17.9 Å². The number of carbonyl (C=O) groups is 1. The van der Waals surface area contributed by atoms with Crippen molar-refractivity contribution in [2.45, 2.75) is 45.7 Å². The van der Waals surface area contributed by atoms with E-state index in [1.54, 1.807) is 0 Å². The molecule has 0 radical (unpaired) electrons. The molecule has 112 valence electrons. The smallest absolute Gasteiger partial charge is 0.262 e. The van der Waals surface area contributed by atoms with Crippen LogP contribution in [0, 0.1) is 6.92 Å². The van der Waals surface area contributed by atoms with Crippen molar-refractivity contribution < 1.29 is 4.79 Å². The maximum absolute atomic E-state index is 12.4. The lowest BCUT2D eigenvalue weighted by molar-refractivity contribution is -0.135. The van der Waals surface area contributed by atoms with Crippen molar-refractivity contribution in [2.75, 3.05) is 6.54 Å². The topological polar surface area (TPSA) is 55.2 Å². The number of hydrogen-bond acceptors (Lipinski definition) is 4.